The maximum absolute atomic E-state index is 12.2. The van der Waals surface area contributed by atoms with E-state index in [1.807, 2.05) is 13.8 Å². The van der Waals surface area contributed by atoms with Gasteiger partial charge in [0.2, 0.25) is 0 Å². The van der Waals surface area contributed by atoms with Gasteiger partial charge in [-0.2, -0.15) is 0 Å². The number of nitrogens with two attached hydrogens (primary N) is 1. The quantitative estimate of drug-likeness (QED) is 0.842. The number of nitrogen functional groups attached to an aromatic ring is 1. The Balaban J connectivity index is 2.16. The summed E-state index contributed by atoms with van der Waals surface area (Å²) >= 11 is 5.98. The highest BCUT2D eigenvalue weighted by molar-refractivity contribution is 6.33. The third-order valence-corrected chi connectivity index (χ3v) is 3.35. The Kier molecular flexibility index (Phi) is 4.70. The molecule has 0 unspecified atom stereocenters. The molecule has 110 valence electrons. The first-order chi connectivity index (χ1) is 10.0. The van der Waals surface area contributed by atoms with E-state index in [1.54, 1.807) is 36.4 Å². The number of nitrogens with one attached hydrogen (secondary N) is 1. The van der Waals surface area contributed by atoms with E-state index in [-0.39, 0.29) is 5.91 Å². The number of amides is 1. The third kappa shape index (κ3) is 3.67. The lowest BCUT2D eigenvalue weighted by Gasteiger charge is -2.11. The van der Waals surface area contributed by atoms with Crippen LogP contribution in [-0.2, 0) is 0 Å². The lowest BCUT2D eigenvalue weighted by Crippen LogP contribution is -2.13. The average Bonchev–Trinajstić information content (AvgIpc) is 2.46. The maximum Gasteiger partial charge on any atom is 0.255 e. The van der Waals surface area contributed by atoms with Crippen molar-refractivity contribution in [3.8, 4) is 5.75 Å². The zero-order valence-corrected chi connectivity index (χ0v) is 12.7. The van der Waals surface area contributed by atoms with Gasteiger partial charge in [0.05, 0.1) is 17.3 Å². The number of rotatable bonds is 4. The zero-order valence-electron chi connectivity index (χ0n) is 11.9. The Labute approximate surface area is 128 Å². The predicted molar refractivity (Wildman–Crippen MR) is 86.2 cm³/mol. The summed E-state index contributed by atoms with van der Waals surface area (Å²) in [5.74, 6) is 0.530. The SMILES string of the molecule is CCOc1ccc(C(=O)Nc2cc(Cl)c(N)cc2C)cc1. The van der Waals surface area contributed by atoms with Crippen molar-refractivity contribution in [3.05, 3.63) is 52.5 Å². The average molecular weight is 305 g/mol. The highest BCUT2D eigenvalue weighted by Crippen LogP contribution is 2.27. The molecule has 0 radical (unpaired) electrons. The molecule has 4 nitrogen and oxygen atoms in total. The van der Waals surface area contributed by atoms with Gasteiger partial charge in [-0.15, -0.1) is 0 Å². The van der Waals surface area contributed by atoms with Crippen LogP contribution in [0.2, 0.25) is 5.02 Å². The van der Waals surface area contributed by atoms with Gasteiger partial charge in [0.1, 0.15) is 5.75 Å². The molecule has 0 bridgehead atoms. The maximum atomic E-state index is 12.2. The van der Waals surface area contributed by atoms with E-state index in [0.29, 0.717) is 28.6 Å². The third-order valence-electron chi connectivity index (χ3n) is 3.02. The normalized spacial score (nSPS) is 10.2. The minimum Gasteiger partial charge on any atom is -0.494 e. The van der Waals surface area contributed by atoms with Crippen molar-refractivity contribution in [1.82, 2.24) is 0 Å². The van der Waals surface area contributed by atoms with E-state index in [2.05, 4.69) is 5.32 Å². The van der Waals surface area contributed by atoms with Gasteiger partial charge < -0.3 is 15.8 Å². The van der Waals surface area contributed by atoms with Crippen LogP contribution in [0.4, 0.5) is 11.4 Å². The molecule has 0 aliphatic rings. The Hall–Kier alpha value is -2.20. The molecule has 0 atom stereocenters. The number of halogens is 1. The van der Waals surface area contributed by atoms with Crippen LogP contribution in [-0.4, -0.2) is 12.5 Å². The summed E-state index contributed by atoms with van der Waals surface area (Å²) in [5.41, 5.74) is 8.26. The van der Waals surface area contributed by atoms with Gasteiger partial charge in [-0.25, -0.2) is 0 Å². The molecule has 0 aliphatic heterocycles. The Morgan fingerprint density at radius 2 is 1.95 bits per heavy atom. The van der Waals surface area contributed by atoms with Gasteiger partial charge in [-0.1, -0.05) is 11.6 Å². The first-order valence-electron chi connectivity index (χ1n) is 6.61. The van der Waals surface area contributed by atoms with E-state index < -0.39 is 0 Å². The minimum absolute atomic E-state index is 0.206. The van der Waals surface area contributed by atoms with Crippen LogP contribution in [0.25, 0.3) is 0 Å². The number of carbonyl (C=O) groups excluding carboxylic acids is 1. The number of aryl methyl sites for hydroxylation is 1. The van der Waals surface area contributed by atoms with Crippen LogP contribution < -0.4 is 15.8 Å². The number of hydrogen-bond donors (Lipinski definition) is 2. The first kappa shape index (κ1) is 15.2. The Morgan fingerprint density at radius 3 is 2.57 bits per heavy atom. The summed E-state index contributed by atoms with van der Waals surface area (Å²) in [6.45, 7) is 4.36. The van der Waals surface area contributed by atoms with Crippen molar-refractivity contribution in [3.63, 3.8) is 0 Å². The van der Waals surface area contributed by atoms with Crippen LogP contribution in [0, 0.1) is 6.92 Å². The molecule has 1 amide bonds. The number of benzene rings is 2. The molecule has 0 spiro atoms. The number of ether oxygens (including phenoxy) is 1. The van der Waals surface area contributed by atoms with Crippen molar-refractivity contribution in [2.75, 3.05) is 17.7 Å². The van der Waals surface area contributed by atoms with E-state index in [4.69, 9.17) is 22.1 Å². The Bertz CT molecular complexity index is 654. The summed E-state index contributed by atoms with van der Waals surface area (Å²) < 4.78 is 5.34. The lowest BCUT2D eigenvalue weighted by molar-refractivity contribution is 0.102. The van der Waals surface area contributed by atoms with Gasteiger partial charge in [0, 0.05) is 11.3 Å². The summed E-state index contributed by atoms with van der Waals surface area (Å²) in [6.07, 6.45) is 0. The van der Waals surface area contributed by atoms with Crippen molar-refractivity contribution < 1.29 is 9.53 Å². The summed E-state index contributed by atoms with van der Waals surface area (Å²) in [5, 5.41) is 3.25. The molecule has 5 heteroatoms. The van der Waals surface area contributed by atoms with Crippen LogP contribution in [0.3, 0.4) is 0 Å². The fourth-order valence-corrected chi connectivity index (χ4v) is 2.07. The molecule has 0 heterocycles. The highest BCUT2D eigenvalue weighted by atomic mass is 35.5. The van der Waals surface area contributed by atoms with Crippen molar-refractivity contribution >= 4 is 28.9 Å². The first-order valence-corrected chi connectivity index (χ1v) is 6.99. The predicted octanol–water partition coefficient (Wildman–Crippen LogP) is 3.88. The molecular formula is C16H17ClN2O2. The summed E-state index contributed by atoms with van der Waals surface area (Å²) in [6, 6.07) is 10.3. The second-order valence-electron chi connectivity index (χ2n) is 4.60. The second kappa shape index (κ2) is 6.50. The number of hydrogen-bond acceptors (Lipinski definition) is 3. The van der Waals surface area contributed by atoms with Crippen LogP contribution in [0.5, 0.6) is 5.75 Å². The van der Waals surface area contributed by atoms with Crippen LogP contribution in [0.1, 0.15) is 22.8 Å². The molecule has 21 heavy (non-hydrogen) atoms. The summed E-state index contributed by atoms with van der Waals surface area (Å²) in [4.78, 5) is 12.2. The molecule has 2 rings (SSSR count). The molecule has 2 aromatic carbocycles. The number of carbonyl (C=O) groups is 1. The van der Waals surface area contributed by atoms with Crippen molar-refractivity contribution in [2.24, 2.45) is 0 Å². The van der Waals surface area contributed by atoms with Crippen LogP contribution in [0.15, 0.2) is 36.4 Å². The number of anilines is 2. The highest BCUT2D eigenvalue weighted by Gasteiger charge is 2.10. The van der Waals surface area contributed by atoms with Crippen LogP contribution >= 0.6 is 11.6 Å². The summed E-state index contributed by atoms with van der Waals surface area (Å²) in [7, 11) is 0. The monoisotopic (exact) mass is 304 g/mol. The standard InChI is InChI=1S/C16H17ClN2O2/c1-3-21-12-6-4-11(5-7-12)16(20)19-15-9-13(17)14(18)8-10(15)2/h4-9H,3,18H2,1-2H3,(H,19,20). The van der Waals surface area contributed by atoms with E-state index in [9.17, 15) is 4.79 Å². The molecule has 0 aromatic heterocycles. The van der Waals surface area contributed by atoms with E-state index in [1.165, 1.54) is 0 Å². The molecule has 0 saturated carbocycles. The van der Waals surface area contributed by atoms with Gasteiger partial charge in [0.25, 0.3) is 5.91 Å². The zero-order chi connectivity index (χ0) is 15.4. The molecular weight excluding hydrogens is 288 g/mol. The van der Waals surface area contributed by atoms with Gasteiger partial charge in [-0.05, 0) is 55.8 Å². The van der Waals surface area contributed by atoms with Gasteiger partial charge in [-0.3, -0.25) is 4.79 Å². The topological polar surface area (TPSA) is 64.3 Å². The Morgan fingerprint density at radius 1 is 1.29 bits per heavy atom. The van der Waals surface area contributed by atoms with Crippen molar-refractivity contribution in [2.45, 2.75) is 13.8 Å². The van der Waals surface area contributed by atoms with E-state index >= 15 is 0 Å². The largest absolute Gasteiger partial charge is 0.494 e. The molecule has 0 saturated heterocycles. The minimum atomic E-state index is -0.206. The van der Waals surface area contributed by atoms with Crippen molar-refractivity contribution in [1.29, 1.82) is 0 Å². The van der Waals surface area contributed by atoms with Gasteiger partial charge in [0.15, 0.2) is 0 Å². The fourth-order valence-electron chi connectivity index (χ4n) is 1.90. The molecule has 3 N–H and O–H groups in total. The fraction of sp³-hybridized carbons (Fsp3) is 0.188. The molecule has 2 aromatic rings. The molecule has 0 fully saturated rings. The van der Waals surface area contributed by atoms with E-state index in [0.717, 1.165) is 11.3 Å². The second-order valence-corrected chi connectivity index (χ2v) is 5.01. The smallest absolute Gasteiger partial charge is 0.255 e. The molecule has 0 aliphatic carbocycles. The lowest BCUT2D eigenvalue weighted by atomic mass is 10.1. The van der Waals surface area contributed by atoms with Gasteiger partial charge >= 0.3 is 0 Å².